The van der Waals surface area contributed by atoms with Gasteiger partial charge in [-0.2, -0.15) is 0 Å². The Morgan fingerprint density at radius 2 is 1.93 bits per heavy atom. The number of hydrogen-bond donors (Lipinski definition) is 2. The second-order valence-corrected chi connectivity index (χ2v) is 4.15. The highest BCUT2D eigenvalue weighted by molar-refractivity contribution is 4.58. The lowest BCUT2D eigenvalue weighted by Crippen LogP contribution is -2.30. The molecule has 86 valence electrons. The summed E-state index contributed by atoms with van der Waals surface area (Å²) in [5, 5.41) is 18.0. The minimum absolute atomic E-state index is 0.00434. The van der Waals surface area contributed by atoms with E-state index in [4.69, 9.17) is 14.9 Å². The van der Waals surface area contributed by atoms with Gasteiger partial charge < -0.3 is 14.9 Å². The van der Waals surface area contributed by atoms with Crippen LogP contribution in [0.5, 0.6) is 0 Å². The summed E-state index contributed by atoms with van der Waals surface area (Å²) in [4.78, 5) is 0. The molecule has 1 atom stereocenters. The Hall–Kier alpha value is -0.120. The Kier molecular flexibility index (Phi) is 7.15. The van der Waals surface area contributed by atoms with E-state index in [0.717, 1.165) is 6.42 Å². The topological polar surface area (TPSA) is 49.7 Å². The molecule has 0 rings (SSSR count). The van der Waals surface area contributed by atoms with Gasteiger partial charge in [-0.05, 0) is 19.3 Å². The lowest BCUT2D eigenvalue weighted by molar-refractivity contribution is -0.186. The predicted octanol–water partition coefficient (Wildman–Crippen LogP) is 1.92. The molecule has 0 aromatic carbocycles. The van der Waals surface area contributed by atoms with E-state index < -0.39 is 5.79 Å². The first-order chi connectivity index (χ1) is 6.49. The van der Waals surface area contributed by atoms with Gasteiger partial charge in [-0.15, -0.1) is 0 Å². The molecule has 0 aromatic rings. The van der Waals surface area contributed by atoms with Crippen LogP contribution in [0.1, 0.15) is 46.5 Å². The van der Waals surface area contributed by atoms with Crippen LogP contribution in [0.4, 0.5) is 0 Å². The Morgan fingerprint density at radius 3 is 2.36 bits per heavy atom. The van der Waals surface area contributed by atoms with E-state index in [1.807, 2.05) is 0 Å². The number of rotatable bonds is 8. The van der Waals surface area contributed by atoms with Crippen LogP contribution < -0.4 is 0 Å². The van der Waals surface area contributed by atoms with Crippen LogP contribution in [-0.2, 0) is 4.74 Å². The Balaban J connectivity index is 3.52. The zero-order valence-corrected chi connectivity index (χ0v) is 9.62. The molecule has 0 aliphatic carbocycles. The molecule has 0 saturated heterocycles. The molecule has 0 radical (unpaired) electrons. The third-order valence-electron chi connectivity index (χ3n) is 2.27. The number of unbranched alkanes of at least 4 members (excludes halogenated alkanes) is 1. The van der Waals surface area contributed by atoms with Gasteiger partial charge in [0.1, 0.15) is 0 Å². The Bertz CT molecular complexity index is 129. The predicted molar refractivity (Wildman–Crippen MR) is 57.0 cm³/mol. The number of aliphatic hydroxyl groups is 2. The van der Waals surface area contributed by atoms with E-state index in [1.54, 1.807) is 0 Å². The number of hydrogen-bond acceptors (Lipinski definition) is 3. The van der Waals surface area contributed by atoms with Gasteiger partial charge in [0.15, 0.2) is 5.79 Å². The highest BCUT2D eigenvalue weighted by Gasteiger charge is 2.16. The monoisotopic (exact) mass is 204 g/mol. The van der Waals surface area contributed by atoms with Crippen molar-refractivity contribution in [1.29, 1.82) is 0 Å². The fourth-order valence-electron chi connectivity index (χ4n) is 1.32. The van der Waals surface area contributed by atoms with E-state index in [9.17, 15) is 0 Å². The molecular formula is C11H24O3. The third kappa shape index (κ3) is 8.48. The minimum atomic E-state index is -1.69. The first-order valence-corrected chi connectivity index (χ1v) is 5.52. The van der Waals surface area contributed by atoms with Gasteiger partial charge in [-0.25, -0.2) is 0 Å². The van der Waals surface area contributed by atoms with Crippen LogP contribution in [0.15, 0.2) is 0 Å². The first kappa shape index (κ1) is 13.9. The molecule has 0 fully saturated rings. The van der Waals surface area contributed by atoms with Crippen molar-refractivity contribution in [3.63, 3.8) is 0 Å². The summed E-state index contributed by atoms with van der Waals surface area (Å²) in [5.74, 6) is -1.14. The Labute approximate surface area is 87.1 Å². The average Bonchev–Trinajstić information content (AvgIpc) is 2.09. The van der Waals surface area contributed by atoms with E-state index in [2.05, 4.69) is 13.8 Å². The first-order valence-electron chi connectivity index (χ1n) is 5.52. The molecule has 0 aromatic heterocycles. The van der Waals surface area contributed by atoms with Crippen LogP contribution in [0, 0.1) is 5.92 Å². The summed E-state index contributed by atoms with van der Waals surface area (Å²) in [5.41, 5.74) is 0. The van der Waals surface area contributed by atoms with E-state index in [-0.39, 0.29) is 6.61 Å². The van der Waals surface area contributed by atoms with Gasteiger partial charge in [-0.1, -0.05) is 33.1 Å². The summed E-state index contributed by atoms with van der Waals surface area (Å²) >= 11 is 0. The van der Waals surface area contributed by atoms with Crippen molar-refractivity contribution in [2.75, 3.05) is 13.2 Å². The van der Waals surface area contributed by atoms with Gasteiger partial charge in [0.2, 0.25) is 0 Å². The maximum Gasteiger partial charge on any atom is 0.183 e. The molecule has 0 aliphatic heterocycles. The quantitative estimate of drug-likeness (QED) is 0.594. The maximum atomic E-state index is 9.01. The van der Waals surface area contributed by atoms with Crippen LogP contribution >= 0.6 is 0 Å². The van der Waals surface area contributed by atoms with E-state index in [0.29, 0.717) is 12.5 Å². The third-order valence-corrected chi connectivity index (χ3v) is 2.27. The second-order valence-electron chi connectivity index (χ2n) is 4.15. The fourth-order valence-corrected chi connectivity index (χ4v) is 1.32. The van der Waals surface area contributed by atoms with Crippen molar-refractivity contribution in [2.45, 2.75) is 52.2 Å². The van der Waals surface area contributed by atoms with Crippen molar-refractivity contribution in [3.8, 4) is 0 Å². The van der Waals surface area contributed by atoms with Crippen LogP contribution in [0.3, 0.4) is 0 Å². The zero-order chi connectivity index (χ0) is 11.0. The summed E-state index contributed by atoms with van der Waals surface area (Å²) < 4.78 is 5.25. The molecule has 0 amide bonds. The van der Waals surface area contributed by atoms with Crippen molar-refractivity contribution >= 4 is 0 Å². The average molecular weight is 204 g/mol. The summed E-state index contributed by atoms with van der Waals surface area (Å²) in [6.45, 7) is 6.27. The van der Waals surface area contributed by atoms with Gasteiger partial charge in [-0.3, -0.25) is 0 Å². The normalized spacial score (nSPS) is 14.4. The lowest BCUT2D eigenvalue weighted by Gasteiger charge is -2.19. The Morgan fingerprint density at radius 1 is 1.29 bits per heavy atom. The van der Waals surface area contributed by atoms with Crippen molar-refractivity contribution in [1.82, 2.24) is 0 Å². The lowest BCUT2D eigenvalue weighted by atomic mass is 10.0. The molecule has 14 heavy (non-hydrogen) atoms. The summed E-state index contributed by atoms with van der Waals surface area (Å²) in [6, 6.07) is 0. The molecular weight excluding hydrogens is 180 g/mol. The largest absolute Gasteiger partial charge is 0.376 e. The highest BCUT2D eigenvalue weighted by Crippen LogP contribution is 2.13. The van der Waals surface area contributed by atoms with Crippen LogP contribution in [-0.4, -0.2) is 29.2 Å². The molecule has 0 bridgehead atoms. The smallest absolute Gasteiger partial charge is 0.183 e. The maximum absolute atomic E-state index is 9.01. The molecule has 3 nitrogen and oxygen atoms in total. The minimum Gasteiger partial charge on any atom is -0.376 e. The summed E-state index contributed by atoms with van der Waals surface area (Å²) in [6.07, 6.45) is 4.68. The SMILES string of the molecule is CCCCC(CC)COCC(C)(O)O. The van der Waals surface area contributed by atoms with Gasteiger partial charge in [0, 0.05) is 6.61 Å². The standard InChI is InChI=1S/C11H24O3/c1-4-6-7-10(5-2)8-14-9-11(3,12)13/h10,12-13H,4-9H2,1-3H3. The number of ether oxygens (including phenoxy) is 1. The van der Waals surface area contributed by atoms with Crippen LogP contribution in [0.2, 0.25) is 0 Å². The van der Waals surface area contributed by atoms with Gasteiger partial charge in [0.05, 0.1) is 6.61 Å². The van der Waals surface area contributed by atoms with Gasteiger partial charge in [0.25, 0.3) is 0 Å². The van der Waals surface area contributed by atoms with Crippen molar-refractivity contribution in [2.24, 2.45) is 5.92 Å². The van der Waals surface area contributed by atoms with Gasteiger partial charge >= 0.3 is 0 Å². The highest BCUT2D eigenvalue weighted by atomic mass is 16.6. The second kappa shape index (κ2) is 7.21. The summed E-state index contributed by atoms with van der Waals surface area (Å²) in [7, 11) is 0. The van der Waals surface area contributed by atoms with E-state index in [1.165, 1.54) is 26.2 Å². The van der Waals surface area contributed by atoms with E-state index >= 15 is 0 Å². The van der Waals surface area contributed by atoms with Crippen LogP contribution in [0.25, 0.3) is 0 Å². The van der Waals surface area contributed by atoms with Crippen molar-refractivity contribution in [3.05, 3.63) is 0 Å². The zero-order valence-electron chi connectivity index (χ0n) is 9.62. The van der Waals surface area contributed by atoms with Crippen molar-refractivity contribution < 1.29 is 14.9 Å². The molecule has 0 heterocycles. The molecule has 0 saturated carbocycles. The molecule has 0 aliphatic rings. The molecule has 2 N–H and O–H groups in total. The molecule has 3 heteroatoms. The molecule has 0 spiro atoms. The fraction of sp³-hybridized carbons (Fsp3) is 1.00. The molecule has 1 unspecified atom stereocenters.